The number of likely N-dealkylation sites (N-methyl/N-ethyl adjacent to an activating group) is 1. The molecule has 0 aliphatic heterocycles. The molecule has 0 saturated carbocycles. The van der Waals surface area contributed by atoms with E-state index in [4.69, 9.17) is 5.73 Å². The molecule has 292 valence electrons. The van der Waals surface area contributed by atoms with Crippen LogP contribution in [-0.4, -0.2) is 94.2 Å². The van der Waals surface area contributed by atoms with Crippen molar-refractivity contribution in [3.05, 3.63) is 71.9 Å². The number of carbonyl (C=O) groups is 7. The Morgan fingerprint density at radius 3 is 2.11 bits per heavy atom. The number of carboxylic acid groups (broad SMARTS) is 1. The minimum Gasteiger partial charge on any atom is -0.481 e. The van der Waals surface area contributed by atoms with E-state index in [0.29, 0.717) is 30.5 Å². The van der Waals surface area contributed by atoms with E-state index in [-0.39, 0.29) is 19.3 Å². The molecule has 54 heavy (non-hydrogen) atoms. The van der Waals surface area contributed by atoms with Gasteiger partial charge in [-0.25, -0.2) is 0 Å². The van der Waals surface area contributed by atoms with E-state index in [0.717, 1.165) is 30.2 Å². The summed E-state index contributed by atoms with van der Waals surface area (Å²) in [6.07, 6.45) is 4.43. The summed E-state index contributed by atoms with van der Waals surface area (Å²) in [5, 5.41) is 20.8. The van der Waals surface area contributed by atoms with Gasteiger partial charge in [0.05, 0.1) is 6.42 Å². The molecule has 8 N–H and O–H groups in total. The van der Waals surface area contributed by atoms with Crippen molar-refractivity contribution in [1.29, 1.82) is 0 Å². The van der Waals surface area contributed by atoms with Gasteiger partial charge in [0.25, 0.3) is 0 Å². The van der Waals surface area contributed by atoms with Crippen LogP contribution in [0.15, 0.2) is 60.8 Å². The topological polar surface area (TPSA) is 233 Å². The normalized spacial score (nSPS) is 13.2. The number of hydrogen-bond acceptors (Lipinski definition) is 7. The van der Waals surface area contributed by atoms with Crippen LogP contribution in [0.4, 0.5) is 0 Å². The van der Waals surface area contributed by atoms with Crippen LogP contribution in [-0.2, 0) is 46.4 Å². The lowest BCUT2D eigenvalue weighted by atomic mass is 10.0. The summed E-state index contributed by atoms with van der Waals surface area (Å²) in [5.74, 6) is -5.78. The molecule has 4 unspecified atom stereocenters. The molecule has 3 aromatic rings. The van der Waals surface area contributed by atoms with Gasteiger partial charge >= 0.3 is 5.97 Å². The Hall–Kier alpha value is -5.73. The number of aliphatic carboxylic acids is 1. The van der Waals surface area contributed by atoms with Crippen LogP contribution < -0.4 is 27.0 Å². The van der Waals surface area contributed by atoms with Gasteiger partial charge in [-0.15, -0.1) is 0 Å². The minimum absolute atomic E-state index is 0.0269. The van der Waals surface area contributed by atoms with Crippen molar-refractivity contribution in [1.82, 2.24) is 31.2 Å². The van der Waals surface area contributed by atoms with Gasteiger partial charge in [0, 0.05) is 43.5 Å². The Morgan fingerprint density at radius 1 is 0.778 bits per heavy atom. The number of nitrogens with two attached hydrogens (primary N) is 1. The van der Waals surface area contributed by atoms with Crippen molar-refractivity contribution < 1.29 is 38.7 Å². The number of nitrogens with one attached hydrogen (secondary N) is 5. The summed E-state index contributed by atoms with van der Waals surface area (Å²) in [5.41, 5.74) is 7.78. The van der Waals surface area contributed by atoms with Crippen molar-refractivity contribution in [2.75, 3.05) is 13.6 Å². The molecule has 1 aromatic heterocycles. The number of H-pyrrole nitrogens is 1. The highest BCUT2D eigenvalue weighted by Gasteiger charge is 2.35. The Morgan fingerprint density at radius 2 is 1.44 bits per heavy atom. The zero-order chi connectivity index (χ0) is 39.6. The fraction of sp³-hybridized carbons (Fsp3) is 0.462. The number of rotatable bonds is 23. The lowest BCUT2D eigenvalue weighted by Crippen LogP contribution is -2.59. The number of unbranched alkanes of at least 4 members (excludes halogenated alkanes) is 3. The van der Waals surface area contributed by atoms with Crippen molar-refractivity contribution in [2.24, 2.45) is 5.73 Å². The lowest BCUT2D eigenvalue weighted by Gasteiger charge is -2.32. The van der Waals surface area contributed by atoms with Gasteiger partial charge in [-0.2, -0.15) is 0 Å². The van der Waals surface area contributed by atoms with Gasteiger partial charge < -0.3 is 42.0 Å². The van der Waals surface area contributed by atoms with E-state index in [9.17, 15) is 38.7 Å². The number of fused-ring (bicyclic) bond motifs is 1. The molecular formula is C39H53N7O8. The second-order valence-corrected chi connectivity index (χ2v) is 13.3. The zero-order valence-electron chi connectivity index (χ0n) is 31.2. The third kappa shape index (κ3) is 13.4. The minimum atomic E-state index is -1.61. The van der Waals surface area contributed by atoms with Crippen molar-refractivity contribution in [3.8, 4) is 0 Å². The van der Waals surface area contributed by atoms with Crippen LogP contribution in [0.1, 0.15) is 76.3 Å². The summed E-state index contributed by atoms with van der Waals surface area (Å²) in [4.78, 5) is 95.7. The molecule has 0 aliphatic carbocycles. The highest BCUT2D eigenvalue weighted by atomic mass is 16.4. The number of amides is 6. The monoisotopic (exact) mass is 747 g/mol. The van der Waals surface area contributed by atoms with Crippen LogP contribution in [0.2, 0.25) is 0 Å². The molecule has 1 heterocycles. The maximum absolute atomic E-state index is 14.3. The molecule has 0 saturated heterocycles. The van der Waals surface area contributed by atoms with E-state index >= 15 is 0 Å². The molecule has 4 atom stereocenters. The maximum Gasteiger partial charge on any atom is 0.305 e. The SMILES string of the molecule is CCCCCNC(=O)CC(=O)NC(Cc1c[nH]c2ccccc12)C(=O)N(C)C(CCCC)C(=O)NC(CC(=O)O)C(=O)NC(Cc1ccccc1)C(N)=O. The maximum atomic E-state index is 14.3. The third-order valence-corrected chi connectivity index (χ3v) is 9.06. The number of primary amides is 1. The predicted octanol–water partition coefficient (Wildman–Crippen LogP) is 2.08. The molecule has 0 radical (unpaired) electrons. The van der Waals surface area contributed by atoms with E-state index in [1.807, 2.05) is 38.1 Å². The number of benzene rings is 2. The molecule has 15 heteroatoms. The molecule has 6 amide bonds. The Balaban J connectivity index is 1.84. The van der Waals surface area contributed by atoms with Crippen molar-refractivity contribution in [3.63, 3.8) is 0 Å². The highest BCUT2D eigenvalue weighted by Crippen LogP contribution is 2.21. The largest absolute Gasteiger partial charge is 0.481 e. The van der Waals surface area contributed by atoms with Gasteiger partial charge in [0.15, 0.2) is 0 Å². The van der Waals surface area contributed by atoms with Crippen molar-refractivity contribution in [2.45, 2.75) is 102 Å². The fourth-order valence-electron chi connectivity index (χ4n) is 6.07. The number of carbonyl (C=O) groups excluding carboxylic acids is 6. The second kappa shape index (κ2) is 21.7. The molecular weight excluding hydrogens is 694 g/mol. The Labute approximate surface area is 315 Å². The van der Waals surface area contributed by atoms with Gasteiger partial charge in [0.1, 0.15) is 30.6 Å². The first kappa shape index (κ1) is 42.7. The fourth-order valence-corrected chi connectivity index (χ4v) is 6.07. The lowest BCUT2D eigenvalue weighted by molar-refractivity contribution is -0.144. The van der Waals surface area contributed by atoms with Gasteiger partial charge in [-0.3, -0.25) is 33.6 Å². The molecule has 2 aromatic carbocycles. The number of aromatic nitrogens is 1. The van der Waals surface area contributed by atoms with Crippen LogP contribution in [0.25, 0.3) is 10.9 Å². The summed E-state index contributed by atoms with van der Waals surface area (Å²) in [7, 11) is 1.40. The number of hydrogen-bond donors (Lipinski definition) is 7. The number of nitrogens with zero attached hydrogens (tertiary/aromatic N) is 1. The molecule has 3 rings (SSSR count). The van der Waals surface area contributed by atoms with E-state index in [1.54, 1.807) is 36.5 Å². The first-order valence-electron chi connectivity index (χ1n) is 18.4. The molecule has 15 nitrogen and oxygen atoms in total. The predicted molar refractivity (Wildman–Crippen MR) is 203 cm³/mol. The molecule has 0 spiro atoms. The van der Waals surface area contributed by atoms with Crippen LogP contribution in [0.3, 0.4) is 0 Å². The second-order valence-electron chi connectivity index (χ2n) is 13.3. The van der Waals surface area contributed by atoms with E-state index in [1.165, 1.54) is 11.9 Å². The summed E-state index contributed by atoms with van der Waals surface area (Å²) in [6, 6.07) is 11.0. The third-order valence-electron chi connectivity index (χ3n) is 9.06. The van der Waals surface area contributed by atoms with Crippen LogP contribution >= 0.6 is 0 Å². The molecule has 0 bridgehead atoms. The zero-order valence-corrected chi connectivity index (χ0v) is 31.2. The number of para-hydroxylation sites is 1. The standard InChI is InChI=1S/C39H53N7O8/c1-4-6-13-19-41-33(47)23-34(48)43-31(21-26-24-42-28-17-12-11-16-27(26)28)39(54)46(3)32(18-7-5-2)38(53)45-30(22-35(49)50)37(52)44-29(36(40)51)20-25-14-9-8-10-15-25/h8-12,14-17,24,29-32,42H,4-7,13,18-23H2,1-3H3,(H2,40,51)(H,41,47)(H,43,48)(H,44,52)(H,45,53)(H,49,50). The van der Waals surface area contributed by atoms with Gasteiger partial charge in [0.2, 0.25) is 35.4 Å². The van der Waals surface area contributed by atoms with Crippen molar-refractivity contribution >= 4 is 52.3 Å². The average Bonchev–Trinajstić information content (AvgIpc) is 3.55. The van der Waals surface area contributed by atoms with Gasteiger partial charge in [-0.05, 0) is 30.0 Å². The summed E-state index contributed by atoms with van der Waals surface area (Å²) >= 11 is 0. The molecule has 0 aliphatic rings. The van der Waals surface area contributed by atoms with Crippen LogP contribution in [0.5, 0.6) is 0 Å². The Bertz CT molecular complexity index is 1740. The van der Waals surface area contributed by atoms with Crippen LogP contribution in [0, 0.1) is 0 Å². The number of carboxylic acids is 1. The quantitative estimate of drug-likeness (QED) is 0.0559. The first-order chi connectivity index (χ1) is 25.8. The molecule has 0 fully saturated rings. The Kier molecular flexibility index (Phi) is 17.2. The average molecular weight is 748 g/mol. The van der Waals surface area contributed by atoms with E-state index < -0.39 is 78.4 Å². The number of aromatic amines is 1. The smallest absolute Gasteiger partial charge is 0.305 e. The summed E-state index contributed by atoms with van der Waals surface area (Å²) < 4.78 is 0. The van der Waals surface area contributed by atoms with Gasteiger partial charge in [-0.1, -0.05) is 88.1 Å². The van der Waals surface area contributed by atoms with E-state index in [2.05, 4.69) is 26.3 Å². The summed E-state index contributed by atoms with van der Waals surface area (Å²) in [6.45, 7) is 4.35. The highest BCUT2D eigenvalue weighted by molar-refractivity contribution is 6.00. The first-order valence-corrected chi connectivity index (χ1v) is 18.4.